The summed E-state index contributed by atoms with van der Waals surface area (Å²) in [7, 11) is 0. The van der Waals surface area contributed by atoms with Crippen molar-refractivity contribution in [1.29, 1.82) is 0 Å². The van der Waals surface area contributed by atoms with Gasteiger partial charge in [0.2, 0.25) is 0 Å². The van der Waals surface area contributed by atoms with E-state index in [9.17, 15) is 23.5 Å². The van der Waals surface area contributed by atoms with Crippen LogP contribution in [0.25, 0.3) is 0 Å². The Hall–Kier alpha value is -1.40. The monoisotopic (exact) mass is 278 g/mol. The highest BCUT2D eigenvalue weighted by atomic mass is 19.3. The number of aliphatic carboxylic acids is 1. The number of ether oxygens (including phenoxy) is 1. The average molecular weight is 278 g/mol. The number of carbonyl (C=O) groups excluding carboxylic acids is 2. The van der Waals surface area contributed by atoms with Crippen LogP contribution in [0.2, 0.25) is 0 Å². The SMILES string of the molecule is CC(C)(C)OC(=O)N1CCC(F)(F)C(C)(C(=O)[O-])C1. The largest absolute Gasteiger partial charge is 0.549 e. The third kappa shape index (κ3) is 3.13. The molecule has 0 spiro atoms. The number of carboxylic acids is 1. The van der Waals surface area contributed by atoms with E-state index in [1.54, 1.807) is 20.8 Å². The van der Waals surface area contributed by atoms with E-state index in [-0.39, 0.29) is 6.54 Å². The molecule has 19 heavy (non-hydrogen) atoms. The standard InChI is InChI=1S/C12H19F2NO4/c1-10(2,3)19-9(18)15-6-5-12(13,14)11(4,7-15)8(16)17/h5-7H2,1-4H3,(H,16,17)/p-1. The number of carboxylic acid groups (broad SMARTS) is 1. The second kappa shape index (κ2) is 4.61. The number of nitrogens with zero attached hydrogens (tertiary/aromatic N) is 1. The predicted molar refractivity (Wildman–Crippen MR) is 60.5 cm³/mol. The molecule has 5 nitrogen and oxygen atoms in total. The number of likely N-dealkylation sites (tertiary alicyclic amines) is 1. The topological polar surface area (TPSA) is 69.7 Å². The summed E-state index contributed by atoms with van der Waals surface area (Å²) < 4.78 is 32.4. The van der Waals surface area contributed by atoms with Crippen LogP contribution in [0.3, 0.4) is 0 Å². The van der Waals surface area contributed by atoms with Crippen molar-refractivity contribution < 1.29 is 28.2 Å². The molecule has 1 atom stereocenters. The Morgan fingerprint density at radius 2 is 1.84 bits per heavy atom. The Balaban J connectivity index is 2.88. The molecule has 1 saturated heterocycles. The number of hydrogen-bond acceptors (Lipinski definition) is 4. The first kappa shape index (κ1) is 15.7. The van der Waals surface area contributed by atoms with Crippen LogP contribution in [-0.2, 0) is 9.53 Å². The molecule has 0 bridgehead atoms. The lowest BCUT2D eigenvalue weighted by molar-refractivity contribution is -0.333. The molecule has 110 valence electrons. The van der Waals surface area contributed by atoms with Gasteiger partial charge in [0.1, 0.15) is 5.60 Å². The van der Waals surface area contributed by atoms with Crippen molar-refractivity contribution in [2.24, 2.45) is 5.41 Å². The van der Waals surface area contributed by atoms with Gasteiger partial charge in [-0.3, -0.25) is 0 Å². The van der Waals surface area contributed by atoms with E-state index in [4.69, 9.17) is 4.74 Å². The summed E-state index contributed by atoms with van der Waals surface area (Å²) in [4.78, 5) is 23.7. The van der Waals surface area contributed by atoms with Crippen LogP contribution >= 0.6 is 0 Å². The van der Waals surface area contributed by atoms with Crippen LogP contribution in [0.5, 0.6) is 0 Å². The minimum absolute atomic E-state index is 0.245. The van der Waals surface area contributed by atoms with Gasteiger partial charge in [-0.2, -0.15) is 0 Å². The van der Waals surface area contributed by atoms with Gasteiger partial charge in [-0.05, 0) is 27.7 Å². The summed E-state index contributed by atoms with van der Waals surface area (Å²) in [6, 6.07) is 0. The van der Waals surface area contributed by atoms with Gasteiger partial charge in [-0.25, -0.2) is 13.6 Å². The lowest BCUT2D eigenvalue weighted by Crippen LogP contribution is -2.62. The van der Waals surface area contributed by atoms with Gasteiger partial charge >= 0.3 is 6.09 Å². The quantitative estimate of drug-likeness (QED) is 0.718. The molecule has 0 aromatic rings. The number of amides is 1. The van der Waals surface area contributed by atoms with E-state index in [0.717, 1.165) is 11.8 Å². The van der Waals surface area contributed by atoms with Gasteiger partial charge in [0.05, 0.1) is 11.4 Å². The maximum atomic E-state index is 13.7. The summed E-state index contributed by atoms with van der Waals surface area (Å²) >= 11 is 0. The Labute approximate surface area is 110 Å². The molecule has 0 aliphatic carbocycles. The molecule has 1 aliphatic heterocycles. The van der Waals surface area contributed by atoms with Crippen molar-refractivity contribution in [3.05, 3.63) is 0 Å². The lowest BCUT2D eigenvalue weighted by atomic mass is 9.78. The molecule has 0 radical (unpaired) electrons. The van der Waals surface area contributed by atoms with Crippen molar-refractivity contribution in [1.82, 2.24) is 4.90 Å². The first-order valence-corrected chi connectivity index (χ1v) is 5.96. The first-order valence-electron chi connectivity index (χ1n) is 5.96. The zero-order valence-corrected chi connectivity index (χ0v) is 11.5. The molecule has 1 heterocycles. The maximum Gasteiger partial charge on any atom is 0.410 e. The fourth-order valence-electron chi connectivity index (χ4n) is 1.82. The van der Waals surface area contributed by atoms with Gasteiger partial charge in [0, 0.05) is 19.5 Å². The molecule has 0 saturated carbocycles. The Kier molecular flexibility index (Phi) is 3.80. The molecule has 0 aromatic carbocycles. The summed E-state index contributed by atoms with van der Waals surface area (Å²) in [5.41, 5.74) is -3.17. The summed E-state index contributed by atoms with van der Waals surface area (Å²) in [5, 5.41) is 11.0. The molecule has 1 unspecified atom stereocenters. The smallest absolute Gasteiger partial charge is 0.410 e. The number of alkyl halides is 2. The fraction of sp³-hybridized carbons (Fsp3) is 0.833. The number of carbonyl (C=O) groups is 2. The zero-order chi connectivity index (χ0) is 15.1. The third-order valence-electron chi connectivity index (χ3n) is 3.11. The molecule has 0 N–H and O–H groups in total. The normalized spacial score (nSPS) is 26.9. The fourth-order valence-corrected chi connectivity index (χ4v) is 1.82. The predicted octanol–water partition coefficient (Wildman–Crippen LogP) is 1.02. The summed E-state index contributed by atoms with van der Waals surface area (Å²) in [6.07, 6.45) is -1.52. The second-order valence-corrected chi connectivity index (χ2v) is 5.98. The van der Waals surface area contributed by atoms with Gasteiger partial charge in [0.15, 0.2) is 0 Å². The highest BCUT2D eigenvalue weighted by Crippen LogP contribution is 2.43. The number of halogens is 2. The van der Waals surface area contributed by atoms with Crippen LogP contribution in [0.1, 0.15) is 34.1 Å². The van der Waals surface area contributed by atoms with Crippen LogP contribution in [0.15, 0.2) is 0 Å². The number of rotatable bonds is 1. The van der Waals surface area contributed by atoms with E-state index >= 15 is 0 Å². The van der Waals surface area contributed by atoms with Crippen LogP contribution in [0, 0.1) is 5.41 Å². The zero-order valence-electron chi connectivity index (χ0n) is 11.5. The van der Waals surface area contributed by atoms with Crippen LogP contribution < -0.4 is 5.11 Å². The highest BCUT2D eigenvalue weighted by molar-refractivity contribution is 5.76. The summed E-state index contributed by atoms with van der Waals surface area (Å²) in [5.74, 6) is -5.28. The minimum atomic E-state index is -3.41. The van der Waals surface area contributed by atoms with E-state index in [1.165, 1.54) is 0 Å². The molecular formula is C12H18F2NO4-. The van der Waals surface area contributed by atoms with Gasteiger partial charge < -0.3 is 19.5 Å². The number of hydrogen-bond donors (Lipinski definition) is 0. The van der Waals surface area contributed by atoms with Gasteiger partial charge in [-0.1, -0.05) is 0 Å². The van der Waals surface area contributed by atoms with Crippen molar-refractivity contribution in [2.75, 3.05) is 13.1 Å². The Bertz CT molecular complexity index is 392. The van der Waals surface area contributed by atoms with Crippen molar-refractivity contribution in [2.45, 2.75) is 45.6 Å². The van der Waals surface area contributed by atoms with Crippen LogP contribution in [0.4, 0.5) is 13.6 Å². The van der Waals surface area contributed by atoms with E-state index in [2.05, 4.69) is 0 Å². The van der Waals surface area contributed by atoms with E-state index in [0.29, 0.717) is 0 Å². The average Bonchev–Trinajstić information content (AvgIpc) is 2.19. The minimum Gasteiger partial charge on any atom is -0.549 e. The maximum absolute atomic E-state index is 13.7. The molecule has 1 rings (SSSR count). The molecular weight excluding hydrogens is 260 g/mol. The van der Waals surface area contributed by atoms with Crippen molar-refractivity contribution in [3.8, 4) is 0 Å². The van der Waals surface area contributed by atoms with E-state index < -0.39 is 42.0 Å². The molecule has 1 fully saturated rings. The molecule has 7 heteroatoms. The third-order valence-corrected chi connectivity index (χ3v) is 3.11. The van der Waals surface area contributed by atoms with Crippen molar-refractivity contribution in [3.63, 3.8) is 0 Å². The van der Waals surface area contributed by atoms with Gasteiger partial charge in [0.25, 0.3) is 5.92 Å². The lowest BCUT2D eigenvalue weighted by Gasteiger charge is -2.46. The molecule has 0 aromatic heterocycles. The highest BCUT2D eigenvalue weighted by Gasteiger charge is 2.55. The Morgan fingerprint density at radius 1 is 1.32 bits per heavy atom. The molecule has 1 amide bonds. The van der Waals surface area contributed by atoms with Crippen LogP contribution in [-0.4, -0.2) is 41.6 Å². The number of piperidine rings is 1. The van der Waals surface area contributed by atoms with E-state index in [1.807, 2.05) is 0 Å². The molecule has 1 aliphatic rings. The van der Waals surface area contributed by atoms with Crippen molar-refractivity contribution >= 4 is 12.1 Å². The Morgan fingerprint density at radius 3 is 2.26 bits per heavy atom. The summed E-state index contributed by atoms with van der Waals surface area (Å²) in [6.45, 7) is 4.94. The first-order chi connectivity index (χ1) is 8.39. The second-order valence-electron chi connectivity index (χ2n) is 5.98. The van der Waals surface area contributed by atoms with Gasteiger partial charge in [-0.15, -0.1) is 0 Å².